The number of benzene rings is 4. The maximum Gasteiger partial charge on any atom is 0.429 e. The van der Waals surface area contributed by atoms with Crippen molar-refractivity contribution in [1.29, 1.82) is 0 Å². The highest BCUT2D eigenvalue weighted by atomic mass is 19.3. The van der Waals surface area contributed by atoms with Gasteiger partial charge in [-0.15, -0.1) is 0 Å². The van der Waals surface area contributed by atoms with Gasteiger partial charge in [0.25, 0.3) is 0 Å². The third kappa shape index (κ3) is 7.10. The lowest BCUT2D eigenvalue weighted by atomic mass is 9.99. The van der Waals surface area contributed by atoms with Crippen molar-refractivity contribution in [3.05, 3.63) is 124 Å². The number of aryl methyl sites for hydroxylation is 2. The highest BCUT2D eigenvalue weighted by Crippen LogP contribution is 2.35. The summed E-state index contributed by atoms with van der Waals surface area (Å²) in [6, 6.07) is 14.0. The minimum Gasteiger partial charge on any atom is -0.429 e. The zero-order valence-electron chi connectivity index (χ0n) is 22.2. The highest BCUT2D eigenvalue weighted by molar-refractivity contribution is 5.65. The summed E-state index contributed by atoms with van der Waals surface area (Å²) >= 11 is 0. The van der Waals surface area contributed by atoms with Gasteiger partial charge in [0.05, 0.1) is 0 Å². The minimum absolute atomic E-state index is 0.120. The van der Waals surface area contributed by atoms with Crippen molar-refractivity contribution in [2.24, 2.45) is 0 Å². The van der Waals surface area contributed by atoms with Crippen LogP contribution in [0.2, 0.25) is 0 Å². The molecule has 0 heterocycles. The van der Waals surface area contributed by atoms with E-state index in [2.05, 4.69) is 23.5 Å². The maximum absolute atomic E-state index is 14.7. The fraction of sp³-hybridized carbons (Fsp3) is 0.212. The first-order valence-corrected chi connectivity index (χ1v) is 12.9. The molecule has 0 bridgehead atoms. The van der Waals surface area contributed by atoms with Crippen LogP contribution in [0.5, 0.6) is 5.75 Å². The quantitative estimate of drug-likeness (QED) is 0.0887. The number of unbranched alkanes of at least 4 members (excludes halogenated alkanes) is 2. The number of halogens is 7. The van der Waals surface area contributed by atoms with E-state index in [1.54, 1.807) is 36.4 Å². The van der Waals surface area contributed by atoms with Crippen LogP contribution in [-0.2, 0) is 12.5 Å². The van der Waals surface area contributed by atoms with E-state index in [1.165, 1.54) is 6.92 Å². The van der Waals surface area contributed by atoms with Crippen molar-refractivity contribution in [2.75, 3.05) is 0 Å². The number of ether oxygens (including phenoxy) is 1. The van der Waals surface area contributed by atoms with Crippen molar-refractivity contribution in [3.8, 4) is 28.7 Å². The Morgan fingerprint density at radius 1 is 0.732 bits per heavy atom. The summed E-state index contributed by atoms with van der Waals surface area (Å²) in [6.07, 6.45) is -0.323. The molecular weight excluding hydrogens is 545 g/mol. The number of hydrogen-bond acceptors (Lipinski definition) is 1. The summed E-state index contributed by atoms with van der Waals surface area (Å²) in [5, 5.41) is 0. The Hall–Kier alpha value is -4.25. The molecule has 0 unspecified atom stereocenters. The van der Waals surface area contributed by atoms with E-state index in [0.29, 0.717) is 16.7 Å². The van der Waals surface area contributed by atoms with E-state index in [1.807, 2.05) is 6.07 Å². The van der Waals surface area contributed by atoms with Crippen LogP contribution in [-0.4, -0.2) is 0 Å². The largest absolute Gasteiger partial charge is 0.429 e. The Morgan fingerprint density at radius 2 is 1.41 bits per heavy atom. The average molecular weight is 571 g/mol. The van der Waals surface area contributed by atoms with Gasteiger partial charge in [-0.1, -0.05) is 55.9 Å². The van der Waals surface area contributed by atoms with E-state index in [-0.39, 0.29) is 29.1 Å². The van der Waals surface area contributed by atoms with Crippen LogP contribution in [0.1, 0.15) is 54.0 Å². The molecule has 0 amide bonds. The monoisotopic (exact) mass is 570 g/mol. The average Bonchev–Trinajstić information content (AvgIpc) is 2.92. The summed E-state index contributed by atoms with van der Waals surface area (Å²) in [5.74, 6) is -2.45. The summed E-state index contributed by atoms with van der Waals surface area (Å²) < 4.78 is 103. The van der Waals surface area contributed by atoms with Crippen molar-refractivity contribution in [3.63, 3.8) is 0 Å². The van der Waals surface area contributed by atoms with Crippen LogP contribution in [0.25, 0.3) is 11.1 Å². The lowest BCUT2D eigenvalue weighted by Gasteiger charge is -2.20. The lowest BCUT2D eigenvalue weighted by Crippen LogP contribution is -2.24. The van der Waals surface area contributed by atoms with Crippen LogP contribution in [0.3, 0.4) is 0 Å². The van der Waals surface area contributed by atoms with Crippen molar-refractivity contribution >= 4 is 0 Å². The zero-order chi connectivity index (χ0) is 29.7. The molecule has 212 valence electrons. The smallest absolute Gasteiger partial charge is 0.429 e. The minimum atomic E-state index is -4.32. The molecule has 4 rings (SSSR count). The number of rotatable bonds is 8. The Labute approximate surface area is 233 Å². The second-order valence-electron chi connectivity index (χ2n) is 9.57. The van der Waals surface area contributed by atoms with Crippen molar-refractivity contribution < 1.29 is 35.5 Å². The molecule has 0 spiro atoms. The predicted molar refractivity (Wildman–Crippen MR) is 143 cm³/mol. The first-order chi connectivity index (χ1) is 19.5. The Kier molecular flexibility index (Phi) is 9.07. The van der Waals surface area contributed by atoms with Gasteiger partial charge in [-0.05, 0) is 66.8 Å². The first kappa shape index (κ1) is 29.7. The molecule has 0 aromatic heterocycles. The predicted octanol–water partition coefficient (Wildman–Crippen LogP) is 9.62. The van der Waals surface area contributed by atoms with Crippen LogP contribution in [0.4, 0.5) is 30.7 Å². The van der Waals surface area contributed by atoms with Gasteiger partial charge in [0, 0.05) is 28.8 Å². The maximum atomic E-state index is 14.7. The Balaban J connectivity index is 1.51. The molecule has 0 radical (unpaired) electrons. The molecule has 0 fully saturated rings. The van der Waals surface area contributed by atoms with Crippen LogP contribution in [0, 0.1) is 47.9 Å². The van der Waals surface area contributed by atoms with E-state index < -0.39 is 40.7 Å². The van der Waals surface area contributed by atoms with E-state index in [4.69, 9.17) is 0 Å². The van der Waals surface area contributed by atoms with Crippen molar-refractivity contribution in [2.45, 2.75) is 45.6 Å². The lowest BCUT2D eigenvalue weighted by molar-refractivity contribution is -0.187. The molecule has 4 aromatic carbocycles. The second-order valence-corrected chi connectivity index (χ2v) is 9.57. The summed E-state index contributed by atoms with van der Waals surface area (Å²) in [6.45, 7) is 3.54. The van der Waals surface area contributed by atoms with Crippen LogP contribution < -0.4 is 4.74 Å². The summed E-state index contributed by atoms with van der Waals surface area (Å²) in [7, 11) is 0. The van der Waals surface area contributed by atoms with Gasteiger partial charge in [-0.2, -0.15) is 8.78 Å². The van der Waals surface area contributed by atoms with E-state index >= 15 is 0 Å². The fourth-order valence-electron chi connectivity index (χ4n) is 4.23. The van der Waals surface area contributed by atoms with Crippen molar-refractivity contribution in [1.82, 2.24) is 0 Å². The van der Waals surface area contributed by atoms with E-state index in [9.17, 15) is 30.7 Å². The number of hydrogen-bond donors (Lipinski definition) is 0. The summed E-state index contributed by atoms with van der Waals surface area (Å²) in [4.78, 5) is 0. The molecule has 0 saturated carbocycles. The third-order valence-electron chi connectivity index (χ3n) is 6.47. The molecule has 41 heavy (non-hydrogen) atoms. The van der Waals surface area contributed by atoms with Crippen LogP contribution >= 0.6 is 0 Å². The molecule has 0 aliphatic carbocycles. The normalized spacial score (nSPS) is 11.2. The molecule has 0 saturated heterocycles. The topological polar surface area (TPSA) is 9.23 Å². The molecular formula is C33H25F7O. The number of alkyl halides is 2. The standard InChI is InChI=1S/C33H25F7O/c1-3-4-5-6-22-10-14-26(28(34)16-22)23-11-7-21(8-12-23)9-13-24-17-29(35)27(15-20(24)2)33(39,40)41-25-18-30(36)32(38)31(37)19-25/h7-8,10-12,14-19H,3-6H2,1-2H3. The van der Waals surface area contributed by atoms with Gasteiger partial charge in [0.1, 0.15) is 22.9 Å². The molecule has 8 heteroatoms. The Bertz CT molecular complexity index is 1590. The molecule has 0 aliphatic heterocycles. The fourth-order valence-corrected chi connectivity index (χ4v) is 4.23. The molecule has 0 aliphatic rings. The SMILES string of the molecule is CCCCCc1ccc(-c2ccc(C#Cc3cc(F)c(C(F)(F)Oc4cc(F)c(F)c(F)c4)cc3C)cc2)c(F)c1. The Morgan fingerprint density at radius 3 is 2.05 bits per heavy atom. The van der Waals surface area contributed by atoms with Gasteiger partial charge < -0.3 is 4.74 Å². The van der Waals surface area contributed by atoms with Gasteiger partial charge in [0.15, 0.2) is 17.5 Å². The highest BCUT2D eigenvalue weighted by Gasteiger charge is 2.38. The van der Waals surface area contributed by atoms with Gasteiger partial charge in [-0.3, -0.25) is 0 Å². The molecule has 0 atom stereocenters. The van der Waals surface area contributed by atoms with Gasteiger partial charge in [-0.25, -0.2) is 22.0 Å². The van der Waals surface area contributed by atoms with Gasteiger partial charge >= 0.3 is 6.11 Å². The van der Waals surface area contributed by atoms with Gasteiger partial charge in [0.2, 0.25) is 0 Å². The van der Waals surface area contributed by atoms with E-state index in [0.717, 1.165) is 43.4 Å². The summed E-state index contributed by atoms with van der Waals surface area (Å²) in [5.41, 5.74) is 1.70. The second kappa shape index (κ2) is 12.5. The zero-order valence-corrected chi connectivity index (χ0v) is 22.2. The third-order valence-corrected chi connectivity index (χ3v) is 6.47. The molecule has 4 aromatic rings. The molecule has 1 nitrogen and oxygen atoms in total. The van der Waals surface area contributed by atoms with Crippen LogP contribution in [0.15, 0.2) is 66.7 Å². The first-order valence-electron chi connectivity index (χ1n) is 12.9. The molecule has 0 N–H and O–H groups in total.